The molecule has 0 aliphatic heterocycles. The van der Waals surface area contributed by atoms with Crippen molar-refractivity contribution in [1.82, 2.24) is 0 Å². The van der Waals surface area contributed by atoms with Gasteiger partial charge in [-0.15, -0.1) is 0 Å². The SMILES string of the molecule is CC(=O)O[C@@H]1CC[C@]2(C)C3=CC(OOC(C)(C)C)[C@]4(C)C(=O)CC[C@H]4[C@@H]3CC[C@@H]2C1. The molecule has 30 heavy (non-hydrogen) atoms. The maximum atomic E-state index is 13.0. The van der Waals surface area contributed by atoms with E-state index in [-0.39, 0.29) is 23.6 Å². The molecule has 0 amide bonds. The van der Waals surface area contributed by atoms with Crippen molar-refractivity contribution in [3.63, 3.8) is 0 Å². The van der Waals surface area contributed by atoms with Gasteiger partial charge in [-0.25, -0.2) is 9.78 Å². The molecule has 0 heterocycles. The Balaban J connectivity index is 1.66. The molecule has 0 aromatic rings. The number of carbonyl (C=O) groups is 2. The van der Waals surface area contributed by atoms with Crippen LogP contribution in [0, 0.1) is 28.6 Å². The predicted octanol–water partition coefficient (Wildman–Crippen LogP) is 5.18. The van der Waals surface area contributed by atoms with Crippen LogP contribution < -0.4 is 0 Å². The number of ether oxygens (including phenoxy) is 1. The van der Waals surface area contributed by atoms with Gasteiger partial charge in [0.15, 0.2) is 0 Å². The highest BCUT2D eigenvalue weighted by Crippen LogP contribution is 2.64. The lowest BCUT2D eigenvalue weighted by atomic mass is 9.49. The van der Waals surface area contributed by atoms with Crippen molar-refractivity contribution >= 4 is 11.8 Å². The summed E-state index contributed by atoms with van der Waals surface area (Å²) in [5.41, 5.74) is 0.622. The van der Waals surface area contributed by atoms with Crippen molar-refractivity contribution in [2.45, 2.75) is 104 Å². The number of carbonyl (C=O) groups excluding carboxylic acids is 2. The van der Waals surface area contributed by atoms with Crippen molar-refractivity contribution in [1.29, 1.82) is 0 Å². The van der Waals surface area contributed by atoms with Crippen molar-refractivity contribution in [2.24, 2.45) is 28.6 Å². The fraction of sp³-hybridized carbons (Fsp3) is 0.840. The van der Waals surface area contributed by atoms with Crippen LogP contribution in [0.25, 0.3) is 0 Å². The van der Waals surface area contributed by atoms with Gasteiger partial charge in [-0.2, -0.15) is 0 Å². The van der Waals surface area contributed by atoms with Gasteiger partial charge in [0.1, 0.15) is 18.0 Å². The number of hydrogen-bond acceptors (Lipinski definition) is 5. The highest BCUT2D eigenvalue weighted by atomic mass is 17.2. The van der Waals surface area contributed by atoms with Crippen LogP contribution >= 0.6 is 0 Å². The highest BCUT2D eigenvalue weighted by molar-refractivity contribution is 5.88. The van der Waals surface area contributed by atoms with E-state index in [4.69, 9.17) is 14.5 Å². The molecule has 1 unspecified atom stereocenters. The molecule has 0 spiro atoms. The molecule has 168 valence electrons. The molecule has 3 fully saturated rings. The molecule has 4 aliphatic carbocycles. The van der Waals surface area contributed by atoms with Gasteiger partial charge < -0.3 is 4.74 Å². The molecular weight excluding hydrogens is 380 g/mol. The molecule has 0 N–H and O–H groups in total. The third-order valence-corrected chi connectivity index (χ3v) is 8.51. The van der Waals surface area contributed by atoms with Crippen molar-refractivity contribution in [3.05, 3.63) is 11.6 Å². The van der Waals surface area contributed by atoms with E-state index >= 15 is 0 Å². The summed E-state index contributed by atoms with van der Waals surface area (Å²) >= 11 is 0. The standard InChI is InChI=1S/C25H38O5/c1-15(26)28-17-11-12-24(5)16(13-17)7-8-18-19-9-10-21(27)25(19,6)22(14-20(18)24)29-30-23(2,3)4/h14,16-19,22H,7-13H2,1-6H3/t16-,17-,18+,19+,22?,24+,25+/m1/s1. The second kappa shape index (κ2) is 7.44. The monoisotopic (exact) mass is 418 g/mol. The first-order valence-corrected chi connectivity index (χ1v) is 11.7. The van der Waals surface area contributed by atoms with Gasteiger partial charge in [-0.05, 0) is 89.4 Å². The summed E-state index contributed by atoms with van der Waals surface area (Å²) in [6.45, 7) is 11.9. The minimum atomic E-state index is -0.502. The van der Waals surface area contributed by atoms with E-state index in [0.717, 1.165) is 38.5 Å². The number of rotatable bonds is 3. The molecule has 0 radical (unpaired) electrons. The molecule has 0 bridgehead atoms. The van der Waals surface area contributed by atoms with E-state index in [1.807, 2.05) is 20.8 Å². The Labute approximate surface area is 180 Å². The average Bonchev–Trinajstić information content (AvgIpc) is 2.95. The summed E-state index contributed by atoms with van der Waals surface area (Å²) < 4.78 is 5.57. The normalized spacial score (nSPS) is 43.3. The smallest absolute Gasteiger partial charge is 0.302 e. The van der Waals surface area contributed by atoms with Gasteiger partial charge in [-0.1, -0.05) is 18.6 Å². The second-order valence-electron chi connectivity index (χ2n) is 11.5. The van der Waals surface area contributed by atoms with Gasteiger partial charge in [0.05, 0.1) is 11.0 Å². The van der Waals surface area contributed by atoms with E-state index in [2.05, 4.69) is 19.9 Å². The Hall–Kier alpha value is -1.20. The first-order chi connectivity index (χ1) is 13.9. The third-order valence-electron chi connectivity index (χ3n) is 8.51. The van der Waals surface area contributed by atoms with Crippen LogP contribution in [-0.4, -0.2) is 29.6 Å². The quantitative estimate of drug-likeness (QED) is 0.274. The summed E-state index contributed by atoms with van der Waals surface area (Å²) in [7, 11) is 0. The summed E-state index contributed by atoms with van der Waals surface area (Å²) in [4.78, 5) is 36.3. The number of Topliss-reactive ketones (excluding diaryl/α,β-unsaturated/α-hetero) is 1. The Morgan fingerprint density at radius 1 is 1.13 bits per heavy atom. The van der Waals surface area contributed by atoms with E-state index in [1.54, 1.807) is 0 Å². The fourth-order valence-corrected chi connectivity index (χ4v) is 6.92. The summed E-state index contributed by atoms with van der Waals surface area (Å²) in [5.74, 6) is 1.41. The lowest BCUT2D eigenvalue weighted by Crippen LogP contribution is -2.54. The van der Waals surface area contributed by atoms with Crippen LogP contribution in [-0.2, 0) is 24.1 Å². The predicted molar refractivity (Wildman–Crippen MR) is 113 cm³/mol. The van der Waals surface area contributed by atoms with Gasteiger partial charge >= 0.3 is 5.97 Å². The maximum absolute atomic E-state index is 13.0. The third kappa shape index (κ3) is 3.56. The van der Waals surface area contributed by atoms with E-state index < -0.39 is 11.0 Å². The number of fused-ring (bicyclic) bond motifs is 5. The fourth-order valence-electron chi connectivity index (χ4n) is 6.92. The topological polar surface area (TPSA) is 61.8 Å². The average molecular weight is 419 g/mol. The van der Waals surface area contributed by atoms with Crippen molar-refractivity contribution in [2.75, 3.05) is 0 Å². The Morgan fingerprint density at radius 2 is 1.87 bits per heavy atom. The zero-order valence-electron chi connectivity index (χ0n) is 19.5. The van der Waals surface area contributed by atoms with E-state index in [9.17, 15) is 9.59 Å². The van der Waals surface area contributed by atoms with Crippen molar-refractivity contribution in [3.8, 4) is 0 Å². The van der Waals surface area contributed by atoms with Crippen molar-refractivity contribution < 1.29 is 24.1 Å². The molecular formula is C25H38O5. The van der Waals surface area contributed by atoms with Crippen LogP contribution in [0.5, 0.6) is 0 Å². The Morgan fingerprint density at radius 3 is 2.53 bits per heavy atom. The minimum absolute atomic E-state index is 0.0379. The van der Waals surface area contributed by atoms with E-state index in [1.165, 1.54) is 12.5 Å². The van der Waals surface area contributed by atoms with Crippen LogP contribution in [0.1, 0.15) is 86.5 Å². The molecule has 4 aliphatic rings. The second-order valence-corrected chi connectivity index (χ2v) is 11.5. The Bertz CT molecular complexity index is 749. The largest absolute Gasteiger partial charge is 0.463 e. The molecule has 0 aromatic heterocycles. The lowest BCUT2D eigenvalue weighted by molar-refractivity contribution is -0.379. The number of hydrogen-bond donors (Lipinski definition) is 0. The molecule has 5 nitrogen and oxygen atoms in total. The zero-order valence-corrected chi connectivity index (χ0v) is 19.5. The minimum Gasteiger partial charge on any atom is -0.463 e. The Kier molecular flexibility index (Phi) is 5.46. The maximum Gasteiger partial charge on any atom is 0.302 e. The van der Waals surface area contributed by atoms with Gasteiger partial charge in [0.25, 0.3) is 0 Å². The molecule has 3 saturated carbocycles. The molecule has 0 aromatic carbocycles. The first kappa shape index (κ1) is 22.0. The van der Waals surface area contributed by atoms with E-state index in [0.29, 0.717) is 30.0 Å². The summed E-state index contributed by atoms with van der Waals surface area (Å²) in [5, 5.41) is 0. The van der Waals surface area contributed by atoms with Gasteiger partial charge in [0.2, 0.25) is 0 Å². The van der Waals surface area contributed by atoms with Crippen LogP contribution in [0.15, 0.2) is 11.6 Å². The number of esters is 1. The molecule has 7 atom stereocenters. The number of allylic oxidation sites excluding steroid dienone is 1. The highest BCUT2D eigenvalue weighted by Gasteiger charge is 2.61. The zero-order chi connectivity index (χ0) is 21.9. The molecule has 4 rings (SSSR count). The lowest BCUT2D eigenvalue weighted by Gasteiger charge is -2.57. The van der Waals surface area contributed by atoms with Crippen LogP contribution in [0.3, 0.4) is 0 Å². The first-order valence-electron chi connectivity index (χ1n) is 11.7. The van der Waals surface area contributed by atoms with Crippen LogP contribution in [0.4, 0.5) is 0 Å². The van der Waals surface area contributed by atoms with Gasteiger partial charge in [-0.3, -0.25) is 9.59 Å². The molecule has 0 saturated heterocycles. The van der Waals surface area contributed by atoms with Crippen LogP contribution in [0.2, 0.25) is 0 Å². The summed E-state index contributed by atoms with van der Waals surface area (Å²) in [6.07, 6.45) is 8.65. The molecule has 5 heteroatoms. The summed E-state index contributed by atoms with van der Waals surface area (Å²) in [6, 6.07) is 0. The van der Waals surface area contributed by atoms with Gasteiger partial charge in [0, 0.05) is 13.3 Å². The number of ketones is 1.